The van der Waals surface area contributed by atoms with Crippen molar-refractivity contribution in [1.29, 1.82) is 0 Å². The second-order valence-electron chi connectivity index (χ2n) is 5.24. The molecule has 4 rings (SSSR count). The number of aromatic nitrogens is 6. The molecule has 22 heavy (non-hydrogen) atoms. The molecule has 0 atom stereocenters. The molecule has 1 aromatic carbocycles. The van der Waals surface area contributed by atoms with Gasteiger partial charge in [-0.1, -0.05) is 12.1 Å². The van der Waals surface area contributed by atoms with E-state index in [4.69, 9.17) is 0 Å². The number of aromatic amines is 1. The van der Waals surface area contributed by atoms with Crippen molar-refractivity contribution in [2.24, 2.45) is 7.05 Å². The van der Waals surface area contributed by atoms with Crippen molar-refractivity contribution in [3.63, 3.8) is 0 Å². The minimum Gasteiger partial charge on any atom is -0.334 e. The van der Waals surface area contributed by atoms with Crippen LogP contribution < -0.4 is 0 Å². The fourth-order valence-electron chi connectivity index (χ4n) is 2.56. The molecule has 0 aliphatic rings. The molecule has 3 heterocycles. The molecule has 0 bridgehead atoms. The van der Waals surface area contributed by atoms with Crippen molar-refractivity contribution in [2.75, 3.05) is 0 Å². The van der Waals surface area contributed by atoms with Crippen LogP contribution in [0.5, 0.6) is 0 Å². The van der Waals surface area contributed by atoms with Gasteiger partial charge in [0.15, 0.2) is 0 Å². The van der Waals surface area contributed by atoms with Gasteiger partial charge in [0.05, 0.1) is 23.1 Å². The normalized spacial score (nSPS) is 11.2. The number of nitrogens with one attached hydrogen (secondary N) is 1. The molecule has 0 aliphatic heterocycles. The molecule has 0 radical (unpaired) electrons. The van der Waals surface area contributed by atoms with Gasteiger partial charge in [0, 0.05) is 18.3 Å². The Bertz CT molecular complexity index is 966. The molecule has 0 spiro atoms. The Morgan fingerprint density at radius 1 is 1.05 bits per heavy atom. The van der Waals surface area contributed by atoms with Crippen molar-refractivity contribution in [2.45, 2.75) is 6.92 Å². The first-order chi connectivity index (χ1) is 10.7. The number of nitrogens with zero attached hydrogens (tertiary/aromatic N) is 5. The van der Waals surface area contributed by atoms with E-state index in [0.717, 1.165) is 39.4 Å². The van der Waals surface area contributed by atoms with E-state index >= 15 is 0 Å². The van der Waals surface area contributed by atoms with Crippen LogP contribution >= 0.6 is 0 Å². The fraction of sp³-hybridized carbons (Fsp3) is 0.125. The van der Waals surface area contributed by atoms with E-state index in [2.05, 4.69) is 31.4 Å². The first-order valence-electron chi connectivity index (χ1n) is 6.98. The summed E-state index contributed by atoms with van der Waals surface area (Å²) in [5.41, 5.74) is 6.32. The van der Waals surface area contributed by atoms with Gasteiger partial charge in [0.1, 0.15) is 11.4 Å². The van der Waals surface area contributed by atoms with Crippen molar-refractivity contribution < 1.29 is 0 Å². The summed E-state index contributed by atoms with van der Waals surface area (Å²) >= 11 is 0. The number of pyridine rings is 1. The molecule has 0 unspecified atom stereocenters. The summed E-state index contributed by atoms with van der Waals surface area (Å²) in [4.78, 5) is 8.87. The second kappa shape index (κ2) is 4.77. The number of rotatable bonds is 2. The van der Waals surface area contributed by atoms with Crippen LogP contribution in [0.25, 0.3) is 33.7 Å². The molecule has 0 saturated heterocycles. The standard InChI is InChI=1S/C16H14N6/c1-10-4-3-5-13(18-10)16-15(19-21-20-16)11-6-7-12-14(8-11)22(2)9-17-12/h3-9H,1-2H3,(H,19,20,21). The number of benzene rings is 1. The average Bonchev–Trinajstić information content (AvgIpc) is 3.14. The lowest BCUT2D eigenvalue weighted by atomic mass is 10.1. The maximum atomic E-state index is 4.53. The highest BCUT2D eigenvalue weighted by molar-refractivity contribution is 5.84. The number of hydrogen-bond donors (Lipinski definition) is 1. The summed E-state index contributed by atoms with van der Waals surface area (Å²) in [5, 5.41) is 11.3. The van der Waals surface area contributed by atoms with Gasteiger partial charge in [-0.15, -0.1) is 0 Å². The minimum absolute atomic E-state index is 0.755. The van der Waals surface area contributed by atoms with Crippen LogP contribution in [-0.4, -0.2) is 29.9 Å². The predicted molar refractivity (Wildman–Crippen MR) is 84.1 cm³/mol. The van der Waals surface area contributed by atoms with Crippen LogP contribution in [0.15, 0.2) is 42.7 Å². The Balaban J connectivity index is 1.89. The minimum atomic E-state index is 0.755. The lowest BCUT2D eigenvalue weighted by molar-refractivity contribution is 0.941. The summed E-state index contributed by atoms with van der Waals surface area (Å²) in [5.74, 6) is 0. The average molecular weight is 290 g/mol. The van der Waals surface area contributed by atoms with Gasteiger partial charge in [-0.3, -0.25) is 4.98 Å². The Labute approximate surface area is 126 Å². The summed E-state index contributed by atoms with van der Waals surface area (Å²) in [7, 11) is 1.98. The van der Waals surface area contributed by atoms with Crippen molar-refractivity contribution in [3.05, 3.63) is 48.4 Å². The number of hydrogen-bond acceptors (Lipinski definition) is 4. The summed E-state index contributed by atoms with van der Waals surface area (Å²) in [6, 6.07) is 11.9. The van der Waals surface area contributed by atoms with Crippen LogP contribution in [-0.2, 0) is 7.05 Å². The molecule has 0 amide bonds. The highest BCUT2D eigenvalue weighted by Crippen LogP contribution is 2.29. The third-order valence-electron chi connectivity index (χ3n) is 3.68. The summed E-state index contributed by atoms with van der Waals surface area (Å²) in [6.45, 7) is 1.96. The largest absolute Gasteiger partial charge is 0.334 e. The Morgan fingerprint density at radius 2 is 1.91 bits per heavy atom. The molecule has 4 aromatic rings. The zero-order valence-corrected chi connectivity index (χ0v) is 12.3. The molecule has 1 N–H and O–H groups in total. The fourth-order valence-corrected chi connectivity index (χ4v) is 2.56. The molecular formula is C16H14N6. The molecular weight excluding hydrogens is 276 g/mol. The number of H-pyrrole nitrogens is 1. The molecule has 0 aliphatic carbocycles. The third kappa shape index (κ3) is 1.96. The third-order valence-corrected chi connectivity index (χ3v) is 3.68. The van der Waals surface area contributed by atoms with Gasteiger partial charge < -0.3 is 4.57 Å². The zero-order valence-electron chi connectivity index (χ0n) is 12.3. The smallest absolute Gasteiger partial charge is 0.139 e. The molecule has 108 valence electrons. The van der Waals surface area contributed by atoms with E-state index in [1.807, 2.05) is 48.9 Å². The van der Waals surface area contributed by atoms with Crippen LogP contribution in [0.4, 0.5) is 0 Å². The van der Waals surface area contributed by atoms with Crippen molar-refractivity contribution >= 4 is 11.0 Å². The van der Waals surface area contributed by atoms with Crippen LogP contribution in [0.2, 0.25) is 0 Å². The quantitative estimate of drug-likeness (QED) is 0.616. The van der Waals surface area contributed by atoms with Gasteiger partial charge in [-0.2, -0.15) is 15.4 Å². The topological polar surface area (TPSA) is 72.3 Å². The van der Waals surface area contributed by atoms with E-state index in [-0.39, 0.29) is 0 Å². The Morgan fingerprint density at radius 3 is 2.77 bits per heavy atom. The van der Waals surface area contributed by atoms with Gasteiger partial charge in [0.2, 0.25) is 0 Å². The number of imidazole rings is 1. The van der Waals surface area contributed by atoms with Crippen LogP contribution in [0.3, 0.4) is 0 Å². The Hall–Kier alpha value is -3.02. The first kappa shape index (κ1) is 12.7. The predicted octanol–water partition coefficient (Wildman–Crippen LogP) is 2.73. The first-order valence-corrected chi connectivity index (χ1v) is 6.98. The zero-order chi connectivity index (χ0) is 15.1. The maximum absolute atomic E-state index is 4.53. The van der Waals surface area contributed by atoms with Gasteiger partial charge >= 0.3 is 0 Å². The van der Waals surface area contributed by atoms with Crippen molar-refractivity contribution in [3.8, 4) is 22.6 Å². The lowest BCUT2D eigenvalue weighted by Crippen LogP contribution is -1.90. The van der Waals surface area contributed by atoms with E-state index in [1.54, 1.807) is 6.33 Å². The van der Waals surface area contributed by atoms with Gasteiger partial charge in [-0.25, -0.2) is 4.98 Å². The van der Waals surface area contributed by atoms with Gasteiger partial charge in [0.25, 0.3) is 0 Å². The van der Waals surface area contributed by atoms with Gasteiger partial charge in [-0.05, 0) is 31.2 Å². The lowest BCUT2D eigenvalue weighted by Gasteiger charge is -2.03. The highest BCUT2D eigenvalue weighted by atomic mass is 15.3. The summed E-state index contributed by atoms with van der Waals surface area (Å²) < 4.78 is 1.99. The second-order valence-corrected chi connectivity index (χ2v) is 5.24. The SMILES string of the molecule is Cc1cccc(-c2n[nH]nc2-c2ccc3ncn(C)c3c2)n1. The molecule has 6 heteroatoms. The molecule has 6 nitrogen and oxygen atoms in total. The van der Waals surface area contributed by atoms with E-state index in [9.17, 15) is 0 Å². The molecule has 0 saturated carbocycles. The van der Waals surface area contributed by atoms with Crippen LogP contribution in [0.1, 0.15) is 5.69 Å². The Kier molecular flexibility index (Phi) is 2.75. The molecule has 3 aromatic heterocycles. The number of fused-ring (bicyclic) bond motifs is 1. The van der Waals surface area contributed by atoms with E-state index in [0.29, 0.717) is 0 Å². The van der Waals surface area contributed by atoms with E-state index < -0.39 is 0 Å². The monoisotopic (exact) mass is 290 g/mol. The van der Waals surface area contributed by atoms with Crippen LogP contribution in [0, 0.1) is 6.92 Å². The molecule has 0 fully saturated rings. The van der Waals surface area contributed by atoms with Crippen molar-refractivity contribution in [1.82, 2.24) is 29.9 Å². The maximum Gasteiger partial charge on any atom is 0.139 e. The number of aryl methyl sites for hydroxylation is 2. The summed E-state index contributed by atoms with van der Waals surface area (Å²) in [6.07, 6.45) is 1.81. The van der Waals surface area contributed by atoms with E-state index in [1.165, 1.54) is 0 Å². The highest BCUT2D eigenvalue weighted by Gasteiger charge is 2.14.